The highest BCUT2D eigenvalue weighted by Crippen LogP contribution is 2.30. The zero-order valence-corrected chi connectivity index (χ0v) is 20.8. The summed E-state index contributed by atoms with van der Waals surface area (Å²) in [7, 11) is 1.44. The van der Waals surface area contributed by atoms with Crippen molar-refractivity contribution in [2.24, 2.45) is 0 Å². The minimum Gasteiger partial charge on any atom is -0.482 e. The Morgan fingerprint density at radius 2 is 2.12 bits per heavy atom. The number of benzene rings is 1. The molecule has 0 bridgehead atoms. The molecule has 0 aromatic heterocycles. The Morgan fingerprint density at radius 3 is 2.79 bits per heavy atom. The molecular weight excluding hydrogens is 543 g/mol. The second-order valence-electron chi connectivity index (χ2n) is 8.06. The summed E-state index contributed by atoms with van der Waals surface area (Å²) in [4.78, 5) is 27.3. The first kappa shape index (κ1) is 25.9. The molecule has 1 heterocycles. The first-order chi connectivity index (χ1) is 15.9. The highest BCUT2D eigenvalue weighted by molar-refractivity contribution is 14.1. The minimum atomic E-state index is -1.07. The summed E-state index contributed by atoms with van der Waals surface area (Å²) < 4.78 is 17.8. The molecule has 3 N–H and O–H groups in total. The summed E-state index contributed by atoms with van der Waals surface area (Å²) >= 11 is 2.14. The fraction of sp³-hybridized carbons (Fsp3) is 0.565. The number of rotatable bonds is 10. The van der Waals surface area contributed by atoms with Crippen LogP contribution in [0.25, 0.3) is 0 Å². The van der Waals surface area contributed by atoms with Gasteiger partial charge in [-0.05, 0) is 53.6 Å². The molecule has 3 rings (SSSR count). The molecule has 1 aliphatic heterocycles. The Morgan fingerprint density at radius 1 is 1.33 bits per heavy atom. The number of amides is 2. The van der Waals surface area contributed by atoms with E-state index in [1.165, 1.54) is 7.11 Å². The Bertz CT molecular complexity index is 844. The molecule has 0 spiro atoms. The molecule has 1 fully saturated rings. The number of para-hydroxylation sites is 1. The molecule has 1 aliphatic carbocycles. The van der Waals surface area contributed by atoms with Crippen LogP contribution in [0.4, 0.5) is 0 Å². The van der Waals surface area contributed by atoms with E-state index in [2.05, 4.69) is 27.9 Å². The van der Waals surface area contributed by atoms with E-state index in [1.54, 1.807) is 17.0 Å². The molecule has 1 aromatic rings. The molecule has 2 amide bonds. The second-order valence-corrected chi connectivity index (χ2v) is 9.22. The van der Waals surface area contributed by atoms with E-state index in [0.717, 1.165) is 16.4 Å². The van der Waals surface area contributed by atoms with E-state index in [0.29, 0.717) is 24.5 Å². The number of aliphatic hydroxyl groups excluding tert-OH is 2. The summed E-state index contributed by atoms with van der Waals surface area (Å²) in [6.07, 6.45) is 1.42. The highest BCUT2D eigenvalue weighted by Gasteiger charge is 2.41. The fourth-order valence-electron chi connectivity index (χ4n) is 4.10. The smallest absolute Gasteiger partial charge is 0.248 e. The van der Waals surface area contributed by atoms with Gasteiger partial charge >= 0.3 is 0 Å². The van der Waals surface area contributed by atoms with Crippen molar-refractivity contribution in [3.63, 3.8) is 0 Å². The van der Waals surface area contributed by atoms with Crippen LogP contribution in [0.1, 0.15) is 19.3 Å². The first-order valence-corrected chi connectivity index (χ1v) is 12.1. The molecule has 182 valence electrons. The number of carbonyl (C=O) groups is 2. The van der Waals surface area contributed by atoms with E-state index in [-0.39, 0.29) is 44.1 Å². The van der Waals surface area contributed by atoms with Gasteiger partial charge in [-0.1, -0.05) is 12.1 Å². The Balaban J connectivity index is 1.90. The van der Waals surface area contributed by atoms with Crippen LogP contribution < -0.4 is 10.1 Å². The van der Waals surface area contributed by atoms with Crippen LogP contribution in [0.3, 0.4) is 0 Å². The molecule has 2 aliphatic rings. The first-order valence-electron chi connectivity index (χ1n) is 11.0. The van der Waals surface area contributed by atoms with Crippen molar-refractivity contribution >= 4 is 34.4 Å². The van der Waals surface area contributed by atoms with Crippen molar-refractivity contribution in [1.82, 2.24) is 10.2 Å². The number of ether oxygens (including phenoxy) is 3. The van der Waals surface area contributed by atoms with E-state index in [4.69, 9.17) is 19.3 Å². The Hall–Kier alpha value is -1.73. The van der Waals surface area contributed by atoms with Crippen LogP contribution in [-0.2, 0) is 19.1 Å². The number of aliphatic hydroxyl groups is 2. The molecule has 10 heteroatoms. The summed E-state index contributed by atoms with van der Waals surface area (Å²) in [5.74, 6) is -0.0845. The lowest BCUT2D eigenvalue weighted by molar-refractivity contribution is -0.144. The number of hydrogen-bond acceptors (Lipinski definition) is 7. The summed E-state index contributed by atoms with van der Waals surface area (Å²) in [5.41, 5.74) is 0.386. The predicted octanol–water partition coefficient (Wildman–Crippen LogP) is 0.861. The van der Waals surface area contributed by atoms with Gasteiger partial charge in [-0.2, -0.15) is 0 Å². The van der Waals surface area contributed by atoms with Crippen molar-refractivity contribution < 1.29 is 34.0 Å². The monoisotopic (exact) mass is 574 g/mol. The third-order valence-corrected chi connectivity index (χ3v) is 6.62. The van der Waals surface area contributed by atoms with Crippen LogP contribution in [0, 0.1) is 3.57 Å². The zero-order valence-electron chi connectivity index (χ0n) is 18.6. The Labute approximate surface area is 207 Å². The summed E-state index contributed by atoms with van der Waals surface area (Å²) in [5, 5.41) is 23.0. The van der Waals surface area contributed by atoms with Crippen molar-refractivity contribution in [2.45, 2.75) is 43.6 Å². The van der Waals surface area contributed by atoms with Crippen molar-refractivity contribution in [3.8, 4) is 5.75 Å². The SMILES string of the molecule is COCC(=O)N(C[C@H]1CCCO1)[C@@H]1CC(C(=O)NCCO)=C[C@H](Oc2ccccc2I)[C@H]1O. The lowest BCUT2D eigenvalue weighted by Gasteiger charge is -2.41. The largest absolute Gasteiger partial charge is 0.482 e. The zero-order chi connectivity index (χ0) is 23.8. The fourth-order valence-corrected chi connectivity index (χ4v) is 4.62. The number of hydrogen-bond donors (Lipinski definition) is 3. The highest BCUT2D eigenvalue weighted by atomic mass is 127. The maximum Gasteiger partial charge on any atom is 0.248 e. The minimum absolute atomic E-state index is 0.105. The topological polar surface area (TPSA) is 118 Å². The molecule has 33 heavy (non-hydrogen) atoms. The molecule has 0 unspecified atom stereocenters. The Kier molecular flexibility index (Phi) is 9.93. The van der Waals surface area contributed by atoms with Crippen molar-refractivity contribution in [1.29, 1.82) is 0 Å². The molecule has 1 saturated heterocycles. The number of halogens is 1. The molecular formula is C23H31IN2O7. The third kappa shape index (κ3) is 6.89. The molecule has 0 saturated carbocycles. The number of nitrogens with zero attached hydrogens (tertiary/aromatic N) is 1. The van der Waals surface area contributed by atoms with Crippen molar-refractivity contribution in [3.05, 3.63) is 39.5 Å². The van der Waals surface area contributed by atoms with E-state index in [9.17, 15) is 14.7 Å². The van der Waals surface area contributed by atoms with Gasteiger partial charge in [0.2, 0.25) is 11.8 Å². The third-order valence-electron chi connectivity index (χ3n) is 5.73. The van der Waals surface area contributed by atoms with Crippen LogP contribution in [-0.4, -0.2) is 91.3 Å². The number of carbonyl (C=O) groups excluding carboxylic acids is 2. The standard InChI is InChI=1S/C23H31IN2O7/c1-31-14-21(28)26(13-16-5-4-10-32-16)18-11-15(23(30)25-8-9-27)12-20(22(18)29)33-19-7-3-2-6-17(19)24/h2-3,6-7,12,16,18,20,22,27,29H,4-5,8-11,13-14H2,1H3,(H,25,30)/t16-,18-,20+,22+/m1/s1. The lowest BCUT2D eigenvalue weighted by atomic mass is 9.88. The van der Waals surface area contributed by atoms with E-state index in [1.807, 2.05) is 18.2 Å². The second kappa shape index (κ2) is 12.7. The molecule has 0 radical (unpaired) electrons. The van der Waals surface area contributed by atoms with E-state index >= 15 is 0 Å². The number of nitrogens with one attached hydrogen (secondary N) is 1. The maximum atomic E-state index is 13.0. The average Bonchev–Trinajstić information content (AvgIpc) is 3.32. The van der Waals surface area contributed by atoms with Gasteiger partial charge in [-0.3, -0.25) is 9.59 Å². The van der Waals surface area contributed by atoms with Crippen LogP contribution in [0.5, 0.6) is 5.75 Å². The van der Waals surface area contributed by atoms with Gasteiger partial charge < -0.3 is 34.6 Å². The number of methoxy groups -OCH3 is 1. The van der Waals surface area contributed by atoms with Gasteiger partial charge in [0.1, 0.15) is 24.6 Å². The van der Waals surface area contributed by atoms with Crippen LogP contribution >= 0.6 is 22.6 Å². The lowest BCUT2D eigenvalue weighted by Crippen LogP contribution is -2.57. The molecule has 9 nitrogen and oxygen atoms in total. The van der Waals surface area contributed by atoms with Crippen molar-refractivity contribution in [2.75, 3.05) is 40.0 Å². The predicted molar refractivity (Wildman–Crippen MR) is 129 cm³/mol. The summed E-state index contributed by atoms with van der Waals surface area (Å²) in [6.45, 7) is 0.703. The van der Waals surface area contributed by atoms with Gasteiger partial charge in [0.05, 0.1) is 22.3 Å². The maximum absolute atomic E-state index is 13.0. The normalized spacial score (nSPS) is 24.8. The van der Waals surface area contributed by atoms with Gasteiger partial charge in [-0.15, -0.1) is 0 Å². The van der Waals surface area contributed by atoms with Gasteiger partial charge in [0.25, 0.3) is 0 Å². The van der Waals surface area contributed by atoms with Crippen LogP contribution in [0.2, 0.25) is 0 Å². The molecule has 1 aromatic carbocycles. The van der Waals surface area contributed by atoms with Gasteiger partial charge in [-0.25, -0.2) is 0 Å². The van der Waals surface area contributed by atoms with Gasteiger partial charge in [0.15, 0.2) is 0 Å². The average molecular weight is 574 g/mol. The quantitative estimate of drug-likeness (QED) is 0.355. The van der Waals surface area contributed by atoms with Crippen LogP contribution in [0.15, 0.2) is 35.9 Å². The summed E-state index contributed by atoms with van der Waals surface area (Å²) in [6, 6.07) is 6.67. The van der Waals surface area contributed by atoms with Gasteiger partial charge in [0, 0.05) is 38.8 Å². The van der Waals surface area contributed by atoms with E-state index < -0.39 is 18.2 Å². The molecule has 4 atom stereocenters.